The highest BCUT2D eigenvalue weighted by atomic mass is 16.5. The molecular weight excluding hydrogens is 226 g/mol. The fraction of sp³-hybridized carbons (Fsp3) is 0.600. The van der Waals surface area contributed by atoms with Crippen molar-refractivity contribution in [2.24, 2.45) is 0 Å². The van der Waals surface area contributed by atoms with Crippen molar-refractivity contribution < 1.29 is 9.84 Å². The van der Waals surface area contributed by atoms with Crippen LogP contribution in [-0.4, -0.2) is 37.3 Å². The molecule has 0 aliphatic rings. The lowest BCUT2D eigenvalue weighted by Gasteiger charge is -2.26. The van der Waals surface area contributed by atoms with E-state index in [2.05, 4.69) is 24.0 Å². The molecule has 1 aromatic rings. The Morgan fingerprint density at radius 1 is 1.28 bits per heavy atom. The van der Waals surface area contributed by atoms with Gasteiger partial charge in [-0.2, -0.15) is 0 Å². The zero-order chi connectivity index (χ0) is 13.5. The summed E-state index contributed by atoms with van der Waals surface area (Å²) in [4.78, 5) is 2.13. The van der Waals surface area contributed by atoms with Crippen molar-refractivity contribution in [2.45, 2.75) is 32.7 Å². The van der Waals surface area contributed by atoms with Gasteiger partial charge in [-0.3, -0.25) is 0 Å². The van der Waals surface area contributed by atoms with E-state index in [1.54, 1.807) is 0 Å². The molecule has 3 nitrogen and oxygen atoms in total. The van der Waals surface area contributed by atoms with Gasteiger partial charge in [0.1, 0.15) is 5.75 Å². The molecule has 3 heteroatoms. The molecule has 0 aliphatic heterocycles. The van der Waals surface area contributed by atoms with Crippen LogP contribution in [0.1, 0.15) is 37.4 Å². The second-order valence-corrected chi connectivity index (χ2v) is 4.65. The maximum Gasteiger partial charge on any atom is 0.124 e. The largest absolute Gasteiger partial charge is 0.494 e. The summed E-state index contributed by atoms with van der Waals surface area (Å²) >= 11 is 0. The molecule has 0 spiro atoms. The first-order chi connectivity index (χ1) is 8.63. The Kier molecular flexibility index (Phi) is 6.16. The van der Waals surface area contributed by atoms with Crippen LogP contribution in [-0.2, 0) is 6.42 Å². The second-order valence-electron chi connectivity index (χ2n) is 4.65. The minimum absolute atomic E-state index is 0.185. The molecule has 0 aliphatic carbocycles. The summed E-state index contributed by atoms with van der Waals surface area (Å²) in [5, 5.41) is 9.23. The van der Waals surface area contributed by atoms with Crippen molar-refractivity contribution in [3.63, 3.8) is 0 Å². The van der Waals surface area contributed by atoms with Gasteiger partial charge in [0.2, 0.25) is 0 Å². The first-order valence-electron chi connectivity index (χ1n) is 6.66. The van der Waals surface area contributed by atoms with Gasteiger partial charge in [-0.1, -0.05) is 19.1 Å². The van der Waals surface area contributed by atoms with Crippen LogP contribution in [0, 0.1) is 0 Å². The van der Waals surface area contributed by atoms with Crippen LogP contribution < -0.4 is 4.74 Å². The highest BCUT2D eigenvalue weighted by Gasteiger charge is 2.18. The number of aliphatic hydroxyl groups is 1. The van der Waals surface area contributed by atoms with Crippen LogP contribution in [0.3, 0.4) is 0 Å². The van der Waals surface area contributed by atoms with Gasteiger partial charge < -0.3 is 14.7 Å². The molecule has 0 saturated carbocycles. The molecule has 102 valence electrons. The number of aryl methyl sites for hydroxylation is 1. The monoisotopic (exact) mass is 251 g/mol. The summed E-state index contributed by atoms with van der Waals surface area (Å²) in [5.74, 6) is 0.932. The van der Waals surface area contributed by atoms with Crippen LogP contribution in [0.5, 0.6) is 5.75 Å². The van der Waals surface area contributed by atoms with Crippen molar-refractivity contribution in [1.29, 1.82) is 0 Å². The number of aliphatic hydroxyl groups excluding tert-OH is 1. The summed E-state index contributed by atoms with van der Waals surface area (Å²) in [5.41, 5.74) is 2.48. The third-order valence-corrected chi connectivity index (χ3v) is 3.17. The first-order valence-corrected chi connectivity index (χ1v) is 6.66. The summed E-state index contributed by atoms with van der Waals surface area (Å²) < 4.78 is 5.71. The Morgan fingerprint density at radius 2 is 2.00 bits per heavy atom. The molecule has 0 bridgehead atoms. The maximum absolute atomic E-state index is 9.23. The molecule has 0 aromatic heterocycles. The summed E-state index contributed by atoms with van der Waals surface area (Å²) in [7, 11) is 4.07. The molecule has 0 saturated heterocycles. The maximum atomic E-state index is 9.23. The van der Waals surface area contributed by atoms with Crippen LogP contribution >= 0.6 is 0 Å². The normalized spacial score (nSPS) is 12.8. The Hall–Kier alpha value is -1.06. The van der Waals surface area contributed by atoms with Crippen LogP contribution in [0.15, 0.2) is 18.2 Å². The van der Waals surface area contributed by atoms with E-state index in [-0.39, 0.29) is 12.6 Å². The predicted molar refractivity (Wildman–Crippen MR) is 75.1 cm³/mol. The number of benzene rings is 1. The molecule has 1 aromatic carbocycles. The third kappa shape index (κ3) is 3.72. The molecule has 0 heterocycles. The van der Waals surface area contributed by atoms with Crippen molar-refractivity contribution in [3.8, 4) is 5.75 Å². The molecule has 1 N–H and O–H groups in total. The van der Waals surface area contributed by atoms with E-state index in [0.29, 0.717) is 6.61 Å². The van der Waals surface area contributed by atoms with Gasteiger partial charge in [-0.25, -0.2) is 0 Å². The molecular formula is C15H25NO2. The minimum atomic E-state index is 0.185. The van der Waals surface area contributed by atoms with Gasteiger partial charge in [-0.05, 0) is 45.5 Å². The fourth-order valence-electron chi connectivity index (χ4n) is 2.18. The lowest BCUT2D eigenvalue weighted by molar-refractivity contribution is 0.206. The lowest BCUT2D eigenvalue weighted by atomic mass is 9.98. The summed E-state index contributed by atoms with van der Waals surface area (Å²) in [6.07, 6.45) is 1.74. The summed E-state index contributed by atoms with van der Waals surface area (Å²) in [6.45, 7) is 4.99. The molecule has 0 radical (unpaired) electrons. The average Bonchev–Trinajstić information content (AvgIpc) is 2.36. The van der Waals surface area contributed by atoms with E-state index in [1.807, 2.05) is 27.1 Å². The number of rotatable bonds is 7. The van der Waals surface area contributed by atoms with Gasteiger partial charge >= 0.3 is 0 Å². The van der Waals surface area contributed by atoms with Crippen molar-refractivity contribution >= 4 is 0 Å². The standard InChI is InChI=1S/C15H25NO2/c1-5-12-7-8-15(18-6-2)13(11-12)14(9-10-17)16(3)4/h7-8,11,14,17H,5-6,9-10H2,1-4H3. The van der Waals surface area contributed by atoms with Crippen molar-refractivity contribution in [2.75, 3.05) is 27.3 Å². The fourth-order valence-corrected chi connectivity index (χ4v) is 2.18. The Bertz CT molecular complexity index is 364. The topological polar surface area (TPSA) is 32.7 Å². The molecule has 1 atom stereocenters. The van der Waals surface area contributed by atoms with Gasteiger partial charge in [0, 0.05) is 18.2 Å². The van der Waals surface area contributed by atoms with Crippen LogP contribution in [0.25, 0.3) is 0 Å². The van der Waals surface area contributed by atoms with Gasteiger partial charge in [0.05, 0.1) is 6.61 Å². The number of nitrogens with zero attached hydrogens (tertiary/aromatic N) is 1. The van der Waals surface area contributed by atoms with Gasteiger partial charge in [0.15, 0.2) is 0 Å². The van der Waals surface area contributed by atoms with E-state index in [4.69, 9.17) is 4.74 Å². The van der Waals surface area contributed by atoms with E-state index >= 15 is 0 Å². The molecule has 1 rings (SSSR count). The Morgan fingerprint density at radius 3 is 2.50 bits per heavy atom. The number of hydrogen-bond acceptors (Lipinski definition) is 3. The van der Waals surface area contributed by atoms with Gasteiger partial charge in [0.25, 0.3) is 0 Å². The zero-order valence-electron chi connectivity index (χ0n) is 11.9. The lowest BCUT2D eigenvalue weighted by Crippen LogP contribution is -2.22. The highest BCUT2D eigenvalue weighted by Crippen LogP contribution is 2.31. The second kappa shape index (κ2) is 7.39. The molecule has 18 heavy (non-hydrogen) atoms. The molecule has 0 amide bonds. The minimum Gasteiger partial charge on any atom is -0.494 e. The van der Waals surface area contributed by atoms with Crippen LogP contribution in [0.2, 0.25) is 0 Å². The predicted octanol–water partition coefficient (Wildman–Crippen LogP) is 2.63. The van der Waals surface area contributed by atoms with E-state index < -0.39 is 0 Å². The molecule has 1 unspecified atom stereocenters. The smallest absolute Gasteiger partial charge is 0.124 e. The molecule has 0 fully saturated rings. The quantitative estimate of drug-likeness (QED) is 0.808. The Balaban J connectivity index is 3.14. The van der Waals surface area contributed by atoms with Gasteiger partial charge in [-0.15, -0.1) is 0 Å². The average molecular weight is 251 g/mol. The van der Waals surface area contributed by atoms with Crippen molar-refractivity contribution in [1.82, 2.24) is 4.90 Å². The Labute approximate surface area is 110 Å². The van der Waals surface area contributed by atoms with Crippen molar-refractivity contribution in [3.05, 3.63) is 29.3 Å². The number of ether oxygens (including phenoxy) is 1. The summed E-state index contributed by atoms with van der Waals surface area (Å²) in [6, 6.07) is 6.56. The third-order valence-electron chi connectivity index (χ3n) is 3.17. The van der Waals surface area contributed by atoms with E-state index in [9.17, 15) is 5.11 Å². The highest BCUT2D eigenvalue weighted by molar-refractivity contribution is 5.39. The zero-order valence-corrected chi connectivity index (χ0v) is 11.9. The van der Waals surface area contributed by atoms with E-state index in [1.165, 1.54) is 11.1 Å². The first kappa shape index (κ1) is 15.0. The SMILES string of the molecule is CCOc1ccc(CC)cc1C(CCO)N(C)C. The number of hydrogen-bond donors (Lipinski definition) is 1. The van der Waals surface area contributed by atoms with Crippen LogP contribution in [0.4, 0.5) is 0 Å². The van der Waals surface area contributed by atoms with E-state index in [0.717, 1.165) is 18.6 Å².